The quantitative estimate of drug-likeness (QED) is 0.333. The van der Waals surface area contributed by atoms with Gasteiger partial charge in [-0.25, -0.2) is 4.39 Å². The highest BCUT2D eigenvalue weighted by Gasteiger charge is 2.34. The van der Waals surface area contributed by atoms with Crippen molar-refractivity contribution in [2.45, 2.75) is 32.2 Å². The Morgan fingerprint density at radius 3 is 2.69 bits per heavy atom. The van der Waals surface area contributed by atoms with E-state index < -0.39 is 0 Å². The fraction of sp³-hybridized carbons (Fsp3) is 0.259. The SMILES string of the molecule is CC(C)C(C(=O)Nc1nncs1)C(c1ccccc1)c1ccc2c(cnn2C2C=CC(F)=CC2)c1. The molecule has 0 spiro atoms. The lowest BCUT2D eigenvalue weighted by Gasteiger charge is -2.30. The highest BCUT2D eigenvalue weighted by molar-refractivity contribution is 7.13. The van der Waals surface area contributed by atoms with E-state index in [1.165, 1.54) is 17.4 Å². The fourth-order valence-corrected chi connectivity index (χ4v) is 5.26. The van der Waals surface area contributed by atoms with Crippen molar-refractivity contribution in [3.8, 4) is 0 Å². The van der Waals surface area contributed by atoms with Gasteiger partial charge in [-0.3, -0.25) is 9.48 Å². The van der Waals surface area contributed by atoms with Crippen molar-refractivity contribution in [3.63, 3.8) is 0 Å². The summed E-state index contributed by atoms with van der Waals surface area (Å²) in [6.07, 6.45) is 7.33. The zero-order chi connectivity index (χ0) is 24.4. The molecule has 2 aromatic carbocycles. The summed E-state index contributed by atoms with van der Waals surface area (Å²) in [5.74, 6) is -0.716. The summed E-state index contributed by atoms with van der Waals surface area (Å²) in [5.41, 5.74) is 4.69. The number of carbonyl (C=O) groups is 1. The second-order valence-electron chi connectivity index (χ2n) is 9.05. The maximum atomic E-state index is 13.5. The number of halogens is 1. The third kappa shape index (κ3) is 4.79. The maximum Gasteiger partial charge on any atom is 0.230 e. The van der Waals surface area contributed by atoms with E-state index in [1.54, 1.807) is 11.6 Å². The Kier molecular flexibility index (Phi) is 6.55. The summed E-state index contributed by atoms with van der Waals surface area (Å²) in [4.78, 5) is 13.5. The molecule has 1 aliphatic carbocycles. The zero-order valence-electron chi connectivity index (χ0n) is 19.5. The molecule has 0 saturated heterocycles. The van der Waals surface area contributed by atoms with E-state index in [-0.39, 0.29) is 35.5 Å². The number of fused-ring (bicyclic) bond motifs is 1. The van der Waals surface area contributed by atoms with E-state index in [4.69, 9.17) is 0 Å². The van der Waals surface area contributed by atoms with Crippen LogP contribution in [0.4, 0.5) is 9.52 Å². The molecule has 0 aliphatic heterocycles. The molecule has 1 N–H and O–H groups in total. The lowest BCUT2D eigenvalue weighted by Crippen LogP contribution is -2.33. The first-order chi connectivity index (χ1) is 17.0. The van der Waals surface area contributed by atoms with E-state index >= 15 is 0 Å². The Balaban J connectivity index is 1.54. The predicted octanol–water partition coefficient (Wildman–Crippen LogP) is 6.29. The van der Waals surface area contributed by atoms with Crippen LogP contribution in [0.25, 0.3) is 10.9 Å². The standard InChI is InChI=1S/C27H26FN5OS/c1-17(2)24(26(34)31-27-32-29-16-35-27)25(18-6-4-3-5-7-18)19-8-13-23-20(14-19)15-30-33(23)22-11-9-21(28)10-12-22/h3-11,13-17,22,24-25H,12H2,1-2H3,(H,31,32,34). The van der Waals surface area contributed by atoms with Crippen molar-refractivity contribution in [2.24, 2.45) is 11.8 Å². The van der Waals surface area contributed by atoms with Crippen LogP contribution < -0.4 is 5.32 Å². The van der Waals surface area contributed by atoms with Crippen molar-refractivity contribution in [3.05, 3.63) is 95.4 Å². The van der Waals surface area contributed by atoms with Crippen LogP contribution in [0.5, 0.6) is 0 Å². The van der Waals surface area contributed by atoms with Gasteiger partial charge in [0.1, 0.15) is 11.3 Å². The molecule has 0 fully saturated rings. The van der Waals surface area contributed by atoms with Crippen LogP contribution in [0.2, 0.25) is 0 Å². The number of anilines is 1. The summed E-state index contributed by atoms with van der Waals surface area (Å²) in [5, 5.41) is 16.9. The molecule has 0 radical (unpaired) electrons. The molecule has 35 heavy (non-hydrogen) atoms. The largest absolute Gasteiger partial charge is 0.300 e. The number of amides is 1. The minimum absolute atomic E-state index is 0.0242. The number of benzene rings is 2. The van der Waals surface area contributed by atoms with E-state index in [0.717, 1.165) is 22.0 Å². The second-order valence-corrected chi connectivity index (χ2v) is 9.88. The summed E-state index contributed by atoms with van der Waals surface area (Å²) in [6, 6.07) is 16.3. The van der Waals surface area contributed by atoms with Crippen LogP contribution in [-0.2, 0) is 4.79 Å². The Hall–Kier alpha value is -3.65. The molecule has 3 atom stereocenters. The van der Waals surface area contributed by atoms with Crippen LogP contribution >= 0.6 is 11.3 Å². The molecule has 3 unspecified atom stereocenters. The lowest BCUT2D eigenvalue weighted by molar-refractivity contribution is -0.121. The van der Waals surface area contributed by atoms with Gasteiger partial charge in [0.05, 0.1) is 23.7 Å². The van der Waals surface area contributed by atoms with Gasteiger partial charge in [0.15, 0.2) is 0 Å². The van der Waals surface area contributed by atoms with Crippen LogP contribution in [0.3, 0.4) is 0 Å². The lowest BCUT2D eigenvalue weighted by atomic mass is 9.74. The zero-order valence-corrected chi connectivity index (χ0v) is 20.3. The monoisotopic (exact) mass is 487 g/mol. The van der Waals surface area contributed by atoms with E-state index in [0.29, 0.717) is 11.6 Å². The molecular formula is C27H26FN5OS. The Labute approximate surface area is 207 Å². The molecular weight excluding hydrogens is 461 g/mol. The number of allylic oxidation sites excluding steroid dienone is 4. The second kappa shape index (κ2) is 9.92. The third-order valence-corrected chi connectivity index (χ3v) is 7.06. The topological polar surface area (TPSA) is 72.7 Å². The van der Waals surface area contributed by atoms with Crippen molar-refractivity contribution >= 4 is 33.3 Å². The van der Waals surface area contributed by atoms with Gasteiger partial charge in [0.2, 0.25) is 11.0 Å². The third-order valence-electron chi connectivity index (χ3n) is 6.45. The Morgan fingerprint density at radius 2 is 2.00 bits per heavy atom. The van der Waals surface area contributed by atoms with Gasteiger partial charge in [-0.2, -0.15) is 5.10 Å². The molecule has 1 amide bonds. The normalized spacial score (nSPS) is 17.4. The number of nitrogens with zero attached hydrogens (tertiary/aromatic N) is 4. The number of carbonyl (C=O) groups excluding carboxylic acids is 1. The molecule has 0 bridgehead atoms. The first-order valence-electron chi connectivity index (χ1n) is 11.6. The number of hydrogen-bond donors (Lipinski definition) is 1. The minimum atomic E-state index is -0.330. The Bertz CT molecular complexity index is 1380. The number of hydrogen-bond acceptors (Lipinski definition) is 5. The van der Waals surface area contributed by atoms with Gasteiger partial charge in [-0.15, -0.1) is 10.2 Å². The first-order valence-corrected chi connectivity index (χ1v) is 12.5. The number of aromatic nitrogens is 4. The van der Waals surface area contributed by atoms with Crippen LogP contribution in [-0.4, -0.2) is 25.9 Å². The first kappa shape index (κ1) is 23.1. The van der Waals surface area contributed by atoms with E-state index in [9.17, 15) is 9.18 Å². The van der Waals surface area contributed by atoms with Crippen molar-refractivity contribution in [2.75, 3.05) is 5.32 Å². The number of nitrogens with one attached hydrogen (secondary N) is 1. The molecule has 1 aliphatic rings. The van der Waals surface area contributed by atoms with E-state index in [1.807, 2.05) is 35.2 Å². The predicted molar refractivity (Wildman–Crippen MR) is 137 cm³/mol. The molecule has 8 heteroatoms. The van der Waals surface area contributed by atoms with Gasteiger partial charge in [-0.05, 0) is 47.8 Å². The summed E-state index contributed by atoms with van der Waals surface area (Å²) in [6.45, 7) is 4.14. The van der Waals surface area contributed by atoms with Crippen molar-refractivity contribution < 1.29 is 9.18 Å². The van der Waals surface area contributed by atoms with Crippen LogP contribution in [0.15, 0.2) is 84.3 Å². The summed E-state index contributed by atoms with van der Waals surface area (Å²) >= 11 is 1.30. The molecule has 2 aromatic heterocycles. The minimum Gasteiger partial charge on any atom is -0.300 e. The average Bonchev–Trinajstić information content (AvgIpc) is 3.52. The number of rotatable bonds is 7. The summed E-state index contributed by atoms with van der Waals surface area (Å²) in [7, 11) is 0. The maximum absolute atomic E-state index is 13.5. The van der Waals surface area contributed by atoms with Gasteiger partial charge in [-0.1, -0.05) is 67.7 Å². The highest BCUT2D eigenvalue weighted by Crippen LogP contribution is 2.39. The average molecular weight is 488 g/mol. The van der Waals surface area contributed by atoms with Crippen LogP contribution in [0.1, 0.15) is 43.4 Å². The molecule has 4 aromatic rings. The smallest absolute Gasteiger partial charge is 0.230 e. The molecule has 2 heterocycles. The molecule has 5 rings (SSSR count). The fourth-order valence-electron chi connectivity index (χ4n) is 4.82. The van der Waals surface area contributed by atoms with Crippen LogP contribution in [0, 0.1) is 11.8 Å². The highest BCUT2D eigenvalue weighted by atomic mass is 32.1. The van der Waals surface area contributed by atoms with Gasteiger partial charge in [0, 0.05) is 11.3 Å². The molecule has 0 saturated carbocycles. The molecule has 178 valence electrons. The van der Waals surface area contributed by atoms with Gasteiger partial charge in [0.25, 0.3) is 0 Å². The van der Waals surface area contributed by atoms with Crippen molar-refractivity contribution in [1.29, 1.82) is 0 Å². The van der Waals surface area contributed by atoms with Crippen molar-refractivity contribution in [1.82, 2.24) is 20.0 Å². The summed E-state index contributed by atoms with van der Waals surface area (Å²) < 4.78 is 15.4. The van der Waals surface area contributed by atoms with Gasteiger partial charge >= 0.3 is 0 Å². The van der Waals surface area contributed by atoms with E-state index in [2.05, 4.69) is 64.8 Å². The van der Waals surface area contributed by atoms with Gasteiger partial charge < -0.3 is 5.32 Å². The molecule has 6 nitrogen and oxygen atoms in total. The Morgan fingerprint density at radius 1 is 1.17 bits per heavy atom.